The Morgan fingerprint density at radius 3 is 2.67 bits per heavy atom. The average Bonchev–Trinajstić information content (AvgIpc) is 3.00. The van der Waals surface area contributed by atoms with Crippen LogP contribution in [0.4, 0.5) is 5.82 Å². The largest absolute Gasteiger partial charge is 0.478 e. The first-order chi connectivity index (χ1) is 10.1. The second kappa shape index (κ2) is 6.67. The molecule has 2 rings (SSSR count). The monoisotopic (exact) mass is 305 g/mol. The molecule has 0 radical (unpaired) electrons. The van der Waals surface area contributed by atoms with E-state index in [1.807, 2.05) is 37.6 Å². The molecule has 1 atom stereocenters. The van der Waals surface area contributed by atoms with E-state index < -0.39 is 5.97 Å². The lowest BCUT2D eigenvalue weighted by molar-refractivity contribution is 0.0696. The Hall–Kier alpha value is -1.95. The number of carboxylic acids is 1. The zero-order chi connectivity index (χ0) is 15.4. The van der Waals surface area contributed by atoms with Crippen molar-refractivity contribution in [2.45, 2.75) is 39.7 Å². The highest BCUT2D eigenvalue weighted by atomic mass is 32.1. The molecule has 6 heteroatoms. The lowest BCUT2D eigenvalue weighted by atomic mass is 10.0. The van der Waals surface area contributed by atoms with E-state index in [1.54, 1.807) is 11.3 Å². The number of aromatic nitrogens is 2. The smallest absolute Gasteiger partial charge is 0.339 e. The van der Waals surface area contributed by atoms with Gasteiger partial charge in [-0.1, -0.05) is 13.8 Å². The Morgan fingerprint density at radius 1 is 1.38 bits per heavy atom. The molecule has 0 aliphatic rings. The van der Waals surface area contributed by atoms with E-state index in [0.29, 0.717) is 18.7 Å². The number of thiophene rings is 1. The van der Waals surface area contributed by atoms with Gasteiger partial charge in [-0.25, -0.2) is 4.79 Å². The first-order valence-corrected chi connectivity index (χ1v) is 7.93. The molecule has 0 saturated carbocycles. The predicted molar refractivity (Wildman–Crippen MR) is 84.1 cm³/mol. The molecule has 112 valence electrons. The molecule has 0 amide bonds. The van der Waals surface area contributed by atoms with Gasteiger partial charge in [-0.05, 0) is 47.7 Å². The lowest BCUT2D eigenvalue weighted by Crippen LogP contribution is -2.17. The number of hydrogen-bond acceptors (Lipinski definition) is 5. The molecule has 0 aromatic carbocycles. The van der Waals surface area contributed by atoms with Crippen molar-refractivity contribution in [2.24, 2.45) is 0 Å². The van der Waals surface area contributed by atoms with E-state index in [1.165, 1.54) is 0 Å². The molecule has 0 saturated heterocycles. The highest BCUT2D eigenvalue weighted by Gasteiger charge is 2.21. The normalized spacial score (nSPS) is 12.1. The fourth-order valence-corrected chi connectivity index (χ4v) is 3.07. The number of carbonyl (C=O) groups is 1. The minimum Gasteiger partial charge on any atom is -0.478 e. The Kier molecular flexibility index (Phi) is 4.90. The summed E-state index contributed by atoms with van der Waals surface area (Å²) < 4.78 is 0. The number of hydrogen-bond donors (Lipinski definition) is 2. The second-order valence-corrected chi connectivity index (χ2v) is 5.56. The van der Waals surface area contributed by atoms with E-state index in [-0.39, 0.29) is 11.6 Å². The van der Waals surface area contributed by atoms with Gasteiger partial charge in [-0.2, -0.15) is 16.4 Å². The highest BCUT2D eigenvalue weighted by Crippen LogP contribution is 2.25. The van der Waals surface area contributed by atoms with E-state index in [4.69, 9.17) is 0 Å². The van der Waals surface area contributed by atoms with Crippen LogP contribution in [0.1, 0.15) is 54.0 Å². The number of anilines is 1. The summed E-state index contributed by atoms with van der Waals surface area (Å²) in [7, 11) is 0. The molecule has 2 aromatic heterocycles. The quantitative estimate of drug-likeness (QED) is 0.854. The van der Waals surface area contributed by atoms with Crippen molar-refractivity contribution in [1.82, 2.24) is 10.2 Å². The summed E-state index contributed by atoms with van der Waals surface area (Å²) in [4.78, 5) is 11.6. The third-order valence-electron chi connectivity index (χ3n) is 3.46. The third kappa shape index (κ3) is 3.21. The molecule has 5 nitrogen and oxygen atoms in total. The second-order valence-electron chi connectivity index (χ2n) is 4.78. The minimum atomic E-state index is -0.962. The number of aryl methyl sites for hydroxylation is 1. The van der Waals surface area contributed by atoms with Gasteiger partial charge in [0.15, 0.2) is 5.82 Å². The zero-order valence-corrected chi connectivity index (χ0v) is 13.2. The summed E-state index contributed by atoms with van der Waals surface area (Å²) in [5.74, 6) is -0.619. The minimum absolute atomic E-state index is 0.0131. The standard InChI is InChI=1S/C15H19N3O2S/c1-4-11-12(5-2)17-18-14(13(11)15(19)20)16-9(3)10-6-7-21-8-10/h6-9H,4-5H2,1-3H3,(H,16,18)(H,19,20). The van der Waals surface area contributed by atoms with Crippen molar-refractivity contribution in [3.05, 3.63) is 39.2 Å². The summed E-state index contributed by atoms with van der Waals surface area (Å²) in [5.41, 5.74) is 2.87. The molecule has 0 spiro atoms. The SMILES string of the molecule is CCc1nnc(NC(C)c2ccsc2)c(C(=O)O)c1CC. The Bertz CT molecular complexity index is 626. The number of carboxylic acid groups (broad SMARTS) is 1. The van der Waals surface area contributed by atoms with E-state index in [9.17, 15) is 9.90 Å². The average molecular weight is 305 g/mol. The Labute approximate surface area is 128 Å². The molecule has 0 bridgehead atoms. The maximum Gasteiger partial charge on any atom is 0.339 e. The molecule has 0 aliphatic carbocycles. The topological polar surface area (TPSA) is 75.1 Å². The number of aromatic carboxylic acids is 1. The van der Waals surface area contributed by atoms with Crippen molar-refractivity contribution >= 4 is 23.1 Å². The van der Waals surface area contributed by atoms with E-state index in [2.05, 4.69) is 15.5 Å². The van der Waals surface area contributed by atoms with E-state index in [0.717, 1.165) is 16.8 Å². The maximum absolute atomic E-state index is 11.6. The third-order valence-corrected chi connectivity index (χ3v) is 4.16. The fourth-order valence-electron chi connectivity index (χ4n) is 2.31. The lowest BCUT2D eigenvalue weighted by Gasteiger charge is -2.17. The van der Waals surface area contributed by atoms with Crippen LogP contribution in [0.3, 0.4) is 0 Å². The van der Waals surface area contributed by atoms with Gasteiger partial charge in [-0.15, -0.1) is 5.10 Å². The molecule has 2 heterocycles. The maximum atomic E-state index is 11.6. The number of rotatable bonds is 6. The molecule has 21 heavy (non-hydrogen) atoms. The first-order valence-electron chi connectivity index (χ1n) is 6.98. The van der Waals surface area contributed by atoms with Crippen LogP contribution >= 0.6 is 11.3 Å². The van der Waals surface area contributed by atoms with Crippen LogP contribution in [0.2, 0.25) is 0 Å². The molecule has 0 aliphatic heterocycles. The molecule has 2 aromatic rings. The summed E-state index contributed by atoms with van der Waals surface area (Å²) in [5, 5.41) is 25.0. The van der Waals surface area contributed by atoms with Gasteiger partial charge < -0.3 is 10.4 Å². The predicted octanol–water partition coefficient (Wildman–Crippen LogP) is 3.53. The van der Waals surface area contributed by atoms with Crippen molar-refractivity contribution in [3.8, 4) is 0 Å². The van der Waals surface area contributed by atoms with Gasteiger partial charge in [0, 0.05) is 0 Å². The van der Waals surface area contributed by atoms with Gasteiger partial charge >= 0.3 is 5.97 Å². The number of nitrogens with one attached hydrogen (secondary N) is 1. The van der Waals surface area contributed by atoms with Crippen LogP contribution in [0, 0.1) is 0 Å². The highest BCUT2D eigenvalue weighted by molar-refractivity contribution is 7.07. The van der Waals surface area contributed by atoms with Gasteiger partial charge in [-0.3, -0.25) is 0 Å². The number of nitrogens with zero attached hydrogens (tertiary/aromatic N) is 2. The summed E-state index contributed by atoms with van der Waals surface area (Å²) in [6, 6.07) is 2.00. The van der Waals surface area contributed by atoms with Gasteiger partial charge in [0.05, 0.1) is 11.7 Å². The van der Waals surface area contributed by atoms with Gasteiger partial charge in [0.25, 0.3) is 0 Å². The Morgan fingerprint density at radius 2 is 2.14 bits per heavy atom. The van der Waals surface area contributed by atoms with Gasteiger partial charge in [0.1, 0.15) is 5.56 Å². The summed E-state index contributed by atoms with van der Waals surface area (Å²) >= 11 is 1.61. The van der Waals surface area contributed by atoms with Crippen LogP contribution < -0.4 is 5.32 Å². The van der Waals surface area contributed by atoms with E-state index >= 15 is 0 Å². The van der Waals surface area contributed by atoms with Crippen molar-refractivity contribution in [3.63, 3.8) is 0 Å². The molecular formula is C15H19N3O2S. The van der Waals surface area contributed by atoms with Crippen LogP contribution in [0.5, 0.6) is 0 Å². The molecule has 2 N–H and O–H groups in total. The summed E-state index contributed by atoms with van der Waals surface area (Å²) in [6.45, 7) is 5.87. The van der Waals surface area contributed by atoms with Crippen LogP contribution in [0.15, 0.2) is 16.8 Å². The first kappa shape index (κ1) is 15.4. The van der Waals surface area contributed by atoms with Crippen LogP contribution in [-0.2, 0) is 12.8 Å². The molecular weight excluding hydrogens is 286 g/mol. The molecule has 1 unspecified atom stereocenters. The van der Waals surface area contributed by atoms with Crippen LogP contribution in [0.25, 0.3) is 0 Å². The van der Waals surface area contributed by atoms with Crippen molar-refractivity contribution in [1.29, 1.82) is 0 Å². The zero-order valence-electron chi connectivity index (χ0n) is 12.4. The summed E-state index contributed by atoms with van der Waals surface area (Å²) in [6.07, 6.45) is 1.30. The van der Waals surface area contributed by atoms with Crippen molar-refractivity contribution < 1.29 is 9.90 Å². The van der Waals surface area contributed by atoms with Crippen LogP contribution in [-0.4, -0.2) is 21.3 Å². The Balaban J connectivity index is 2.41. The molecule has 0 fully saturated rings. The fraction of sp³-hybridized carbons (Fsp3) is 0.400. The van der Waals surface area contributed by atoms with Crippen molar-refractivity contribution in [2.75, 3.05) is 5.32 Å². The van der Waals surface area contributed by atoms with Gasteiger partial charge in [0.2, 0.25) is 0 Å².